The van der Waals surface area contributed by atoms with Crippen LogP contribution in [0, 0.1) is 20.8 Å². The fraction of sp³-hybridized carbons (Fsp3) is 0.188. The third-order valence-corrected chi connectivity index (χ3v) is 4.08. The minimum absolute atomic E-state index is 0.166. The summed E-state index contributed by atoms with van der Waals surface area (Å²) in [7, 11) is 0. The molecular weight excluding hydrogens is 298 g/mol. The van der Waals surface area contributed by atoms with Crippen LogP contribution in [0.2, 0.25) is 0 Å². The summed E-state index contributed by atoms with van der Waals surface area (Å²) >= 11 is 1.39. The van der Waals surface area contributed by atoms with Crippen LogP contribution >= 0.6 is 11.3 Å². The second-order valence-corrected chi connectivity index (χ2v) is 6.00. The van der Waals surface area contributed by atoms with Gasteiger partial charge in [0.1, 0.15) is 0 Å². The van der Waals surface area contributed by atoms with Crippen LogP contribution in [0.4, 0.5) is 5.13 Å². The predicted octanol–water partition coefficient (Wildman–Crippen LogP) is 3.98. The highest BCUT2D eigenvalue weighted by Gasteiger charge is 2.14. The number of amides is 1. The zero-order valence-corrected chi connectivity index (χ0v) is 13.3. The lowest BCUT2D eigenvalue weighted by atomic mass is 9.98. The van der Waals surface area contributed by atoms with Crippen molar-refractivity contribution in [1.82, 2.24) is 10.1 Å². The normalized spacial score (nSPS) is 10.7. The molecular formula is C16H15N3O2S. The molecule has 6 heteroatoms. The molecule has 22 heavy (non-hydrogen) atoms. The van der Waals surface area contributed by atoms with Crippen LogP contribution in [0.5, 0.6) is 0 Å². The van der Waals surface area contributed by atoms with Crippen molar-refractivity contribution in [2.24, 2.45) is 0 Å². The second-order valence-electron chi connectivity index (χ2n) is 5.14. The lowest BCUT2D eigenvalue weighted by Gasteiger charge is -2.08. The Morgan fingerprint density at radius 1 is 1.23 bits per heavy atom. The van der Waals surface area contributed by atoms with Crippen LogP contribution in [0.1, 0.15) is 27.2 Å². The molecule has 3 aromatic rings. The number of aryl methyl sites for hydroxylation is 3. The third-order valence-electron chi connectivity index (χ3n) is 3.32. The van der Waals surface area contributed by atoms with Gasteiger partial charge in [-0.3, -0.25) is 10.1 Å². The fourth-order valence-electron chi connectivity index (χ4n) is 2.52. The van der Waals surface area contributed by atoms with E-state index < -0.39 is 0 Å². The molecule has 2 heterocycles. The van der Waals surface area contributed by atoms with Crippen molar-refractivity contribution in [2.45, 2.75) is 20.8 Å². The Hall–Kier alpha value is -2.47. The van der Waals surface area contributed by atoms with Gasteiger partial charge in [-0.1, -0.05) is 22.9 Å². The standard InChI is InChI=1S/C16H15N3O2S/c1-9-6-10(2)14(11(3)7-9)12-8-22-16(18-12)19-15(20)13-4-5-17-21-13/h4-8H,1-3H3,(H,18,19,20). The molecule has 2 aromatic heterocycles. The number of rotatable bonds is 3. The van der Waals surface area contributed by atoms with Gasteiger partial charge in [0, 0.05) is 17.0 Å². The Morgan fingerprint density at radius 2 is 1.95 bits per heavy atom. The van der Waals surface area contributed by atoms with Gasteiger partial charge in [0.2, 0.25) is 5.76 Å². The first-order chi connectivity index (χ1) is 10.5. The van der Waals surface area contributed by atoms with E-state index in [-0.39, 0.29) is 11.7 Å². The average Bonchev–Trinajstić information content (AvgIpc) is 3.08. The highest BCUT2D eigenvalue weighted by atomic mass is 32.1. The molecule has 1 N–H and O–H groups in total. The van der Waals surface area contributed by atoms with E-state index in [1.54, 1.807) is 0 Å². The first-order valence-electron chi connectivity index (χ1n) is 6.80. The second kappa shape index (κ2) is 5.73. The minimum Gasteiger partial charge on any atom is -0.351 e. The smallest absolute Gasteiger partial charge is 0.296 e. The lowest BCUT2D eigenvalue weighted by molar-refractivity contribution is 0.0988. The van der Waals surface area contributed by atoms with E-state index in [2.05, 4.69) is 48.4 Å². The van der Waals surface area contributed by atoms with Crippen LogP contribution in [-0.2, 0) is 0 Å². The number of anilines is 1. The Morgan fingerprint density at radius 3 is 2.59 bits per heavy atom. The van der Waals surface area contributed by atoms with Crippen molar-refractivity contribution in [3.63, 3.8) is 0 Å². The summed E-state index contributed by atoms with van der Waals surface area (Å²) in [5.41, 5.74) is 5.56. The molecule has 0 saturated carbocycles. The first kappa shape index (κ1) is 14.5. The summed E-state index contributed by atoms with van der Waals surface area (Å²) in [5.74, 6) is -0.185. The number of hydrogen-bond acceptors (Lipinski definition) is 5. The molecule has 0 fully saturated rings. The molecule has 0 bridgehead atoms. The first-order valence-corrected chi connectivity index (χ1v) is 7.68. The van der Waals surface area contributed by atoms with Gasteiger partial charge in [-0.05, 0) is 31.9 Å². The van der Waals surface area contributed by atoms with E-state index in [4.69, 9.17) is 4.52 Å². The van der Waals surface area contributed by atoms with Crippen molar-refractivity contribution in [3.8, 4) is 11.3 Å². The van der Waals surface area contributed by atoms with E-state index >= 15 is 0 Å². The number of benzene rings is 1. The summed E-state index contributed by atoms with van der Waals surface area (Å²) < 4.78 is 4.83. The number of thiazole rings is 1. The van der Waals surface area contributed by atoms with Crippen LogP contribution in [0.25, 0.3) is 11.3 Å². The molecule has 112 valence electrons. The Labute approximate surface area is 132 Å². The quantitative estimate of drug-likeness (QED) is 0.794. The topological polar surface area (TPSA) is 68.0 Å². The Balaban J connectivity index is 1.87. The van der Waals surface area contributed by atoms with Gasteiger partial charge >= 0.3 is 0 Å². The summed E-state index contributed by atoms with van der Waals surface area (Å²) in [6.07, 6.45) is 1.43. The zero-order valence-electron chi connectivity index (χ0n) is 12.5. The highest BCUT2D eigenvalue weighted by molar-refractivity contribution is 7.14. The van der Waals surface area contributed by atoms with Crippen molar-refractivity contribution < 1.29 is 9.32 Å². The molecule has 0 aliphatic rings. The molecule has 3 rings (SSSR count). The summed E-state index contributed by atoms with van der Waals surface area (Å²) in [4.78, 5) is 16.4. The molecule has 0 atom stereocenters. The molecule has 0 saturated heterocycles. The van der Waals surface area contributed by atoms with E-state index in [0.29, 0.717) is 5.13 Å². The Kier molecular flexibility index (Phi) is 3.77. The van der Waals surface area contributed by atoms with Gasteiger partial charge in [-0.2, -0.15) is 0 Å². The molecule has 0 aliphatic carbocycles. The maximum atomic E-state index is 11.9. The van der Waals surface area contributed by atoms with Crippen LogP contribution in [-0.4, -0.2) is 16.0 Å². The molecule has 0 unspecified atom stereocenters. The van der Waals surface area contributed by atoms with E-state index in [1.165, 1.54) is 40.3 Å². The van der Waals surface area contributed by atoms with Gasteiger partial charge in [0.25, 0.3) is 5.91 Å². The molecule has 0 radical (unpaired) electrons. The molecule has 1 amide bonds. The van der Waals surface area contributed by atoms with E-state index in [9.17, 15) is 4.79 Å². The van der Waals surface area contributed by atoms with Gasteiger partial charge in [-0.15, -0.1) is 11.3 Å². The van der Waals surface area contributed by atoms with Crippen molar-refractivity contribution in [3.05, 3.63) is 52.2 Å². The van der Waals surface area contributed by atoms with Gasteiger partial charge < -0.3 is 4.52 Å². The maximum Gasteiger partial charge on any atom is 0.296 e. The number of nitrogens with zero attached hydrogens (tertiary/aromatic N) is 2. The largest absolute Gasteiger partial charge is 0.351 e. The van der Waals surface area contributed by atoms with Gasteiger partial charge in [-0.25, -0.2) is 4.98 Å². The van der Waals surface area contributed by atoms with E-state index in [0.717, 1.165) is 11.3 Å². The number of carbonyl (C=O) groups is 1. The summed E-state index contributed by atoms with van der Waals surface area (Å²) in [6, 6.07) is 5.78. The number of carbonyl (C=O) groups excluding carboxylic acids is 1. The Bertz CT molecular complexity index is 799. The fourth-order valence-corrected chi connectivity index (χ4v) is 3.22. The number of nitrogens with one attached hydrogen (secondary N) is 1. The molecule has 0 spiro atoms. The van der Waals surface area contributed by atoms with Crippen molar-refractivity contribution >= 4 is 22.4 Å². The van der Waals surface area contributed by atoms with Crippen molar-refractivity contribution in [2.75, 3.05) is 5.32 Å². The highest BCUT2D eigenvalue weighted by Crippen LogP contribution is 2.31. The predicted molar refractivity (Wildman–Crippen MR) is 86.2 cm³/mol. The van der Waals surface area contributed by atoms with Gasteiger partial charge in [0.05, 0.1) is 11.9 Å². The van der Waals surface area contributed by atoms with Crippen LogP contribution in [0.3, 0.4) is 0 Å². The van der Waals surface area contributed by atoms with Gasteiger partial charge in [0.15, 0.2) is 5.13 Å². The number of hydrogen-bond donors (Lipinski definition) is 1. The average molecular weight is 313 g/mol. The SMILES string of the molecule is Cc1cc(C)c(-c2csc(NC(=O)c3ccno3)n2)c(C)c1. The zero-order chi connectivity index (χ0) is 15.7. The monoisotopic (exact) mass is 313 g/mol. The molecule has 0 aliphatic heterocycles. The maximum absolute atomic E-state index is 11.9. The van der Waals surface area contributed by atoms with Crippen LogP contribution in [0.15, 0.2) is 34.3 Å². The van der Waals surface area contributed by atoms with Crippen LogP contribution < -0.4 is 5.32 Å². The van der Waals surface area contributed by atoms with E-state index in [1.807, 2.05) is 5.38 Å². The number of aromatic nitrogens is 2. The molecule has 1 aromatic carbocycles. The summed E-state index contributed by atoms with van der Waals surface area (Å²) in [5, 5.41) is 8.72. The molecule has 5 nitrogen and oxygen atoms in total. The minimum atomic E-state index is -0.351. The third kappa shape index (κ3) is 2.78. The summed E-state index contributed by atoms with van der Waals surface area (Å²) in [6.45, 7) is 6.22. The van der Waals surface area contributed by atoms with Crippen molar-refractivity contribution in [1.29, 1.82) is 0 Å². The lowest BCUT2D eigenvalue weighted by Crippen LogP contribution is -2.10.